The Bertz CT molecular complexity index is 377. The summed E-state index contributed by atoms with van der Waals surface area (Å²) in [6.07, 6.45) is 12.1. The molecule has 0 aromatic carbocycles. The van der Waals surface area contributed by atoms with Crippen LogP contribution in [-0.2, 0) is 10.0 Å². The number of nitrogens with one attached hydrogen (secondary N) is 1. The fraction of sp³-hybridized carbons (Fsp3) is 1.00. The highest BCUT2D eigenvalue weighted by atomic mass is 32.2. The molecule has 0 bridgehead atoms. The summed E-state index contributed by atoms with van der Waals surface area (Å²) < 4.78 is 25.0. The molecular weight excluding hydrogens is 272 g/mol. The Balaban J connectivity index is 1.62. The lowest BCUT2D eigenvalue weighted by Crippen LogP contribution is -2.41. The van der Waals surface area contributed by atoms with E-state index < -0.39 is 10.0 Å². The Morgan fingerprint density at radius 3 is 2.50 bits per heavy atom. The lowest BCUT2D eigenvalue weighted by atomic mass is 9.97. The summed E-state index contributed by atoms with van der Waals surface area (Å²) >= 11 is 0. The van der Waals surface area contributed by atoms with Crippen LogP contribution in [0.1, 0.15) is 51.4 Å². The molecule has 118 valence electrons. The van der Waals surface area contributed by atoms with Gasteiger partial charge in [0.2, 0.25) is 10.0 Å². The predicted molar refractivity (Wildman–Crippen MR) is 83.2 cm³/mol. The number of hydrogen-bond acceptors (Lipinski definition) is 3. The minimum absolute atomic E-state index is 0.491. The van der Waals surface area contributed by atoms with Crippen LogP contribution < -0.4 is 4.72 Å². The molecule has 2 aliphatic rings. The van der Waals surface area contributed by atoms with Gasteiger partial charge in [-0.15, -0.1) is 0 Å². The minimum Gasteiger partial charge on any atom is -0.303 e. The van der Waals surface area contributed by atoms with Crippen LogP contribution in [-0.4, -0.2) is 45.8 Å². The summed E-state index contributed by atoms with van der Waals surface area (Å²) in [5.41, 5.74) is 0. The van der Waals surface area contributed by atoms with E-state index in [1.165, 1.54) is 64.3 Å². The molecule has 1 atom stereocenters. The SMILES string of the molecule is CS(=O)(=O)NCC1CCCN(CCCC2CCCC2)C1. The van der Waals surface area contributed by atoms with E-state index in [1.807, 2.05) is 0 Å². The summed E-state index contributed by atoms with van der Waals surface area (Å²) in [6, 6.07) is 0. The number of sulfonamides is 1. The largest absolute Gasteiger partial charge is 0.303 e. The van der Waals surface area contributed by atoms with E-state index >= 15 is 0 Å². The average Bonchev–Trinajstić information content (AvgIpc) is 2.89. The van der Waals surface area contributed by atoms with Gasteiger partial charge in [0.15, 0.2) is 0 Å². The molecular formula is C15H30N2O2S. The second-order valence-electron chi connectivity index (χ2n) is 6.72. The normalized spacial score (nSPS) is 26.1. The standard InChI is InChI=1S/C15H30N2O2S/c1-20(18,19)16-12-15-9-5-11-17(13-15)10-4-8-14-6-2-3-7-14/h14-16H,2-13H2,1H3. The van der Waals surface area contributed by atoms with Crippen molar-refractivity contribution in [3.63, 3.8) is 0 Å². The van der Waals surface area contributed by atoms with Crippen LogP contribution >= 0.6 is 0 Å². The zero-order valence-electron chi connectivity index (χ0n) is 12.8. The van der Waals surface area contributed by atoms with Gasteiger partial charge < -0.3 is 4.90 Å². The van der Waals surface area contributed by atoms with Crippen LogP contribution in [0.25, 0.3) is 0 Å². The Hall–Kier alpha value is -0.130. The molecule has 0 aromatic heterocycles. The van der Waals surface area contributed by atoms with Crippen molar-refractivity contribution in [3.8, 4) is 0 Å². The van der Waals surface area contributed by atoms with Crippen molar-refractivity contribution in [2.45, 2.75) is 51.4 Å². The average molecular weight is 302 g/mol. The smallest absolute Gasteiger partial charge is 0.208 e. The third kappa shape index (κ3) is 6.10. The highest BCUT2D eigenvalue weighted by molar-refractivity contribution is 7.88. The van der Waals surface area contributed by atoms with Crippen molar-refractivity contribution < 1.29 is 8.42 Å². The summed E-state index contributed by atoms with van der Waals surface area (Å²) in [6.45, 7) is 4.07. The fourth-order valence-corrected chi connectivity index (χ4v) is 4.23. The van der Waals surface area contributed by atoms with E-state index in [0.717, 1.165) is 18.9 Å². The number of rotatable bonds is 7. The quantitative estimate of drug-likeness (QED) is 0.784. The number of piperidine rings is 1. The Kier molecular flexibility index (Phi) is 6.30. The van der Waals surface area contributed by atoms with E-state index in [4.69, 9.17) is 0 Å². The molecule has 1 aliphatic heterocycles. The predicted octanol–water partition coefficient (Wildman–Crippen LogP) is 2.22. The van der Waals surface area contributed by atoms with Crippen LogP contribution in [0.2, 0.25) is 0 Å². The van der Waals surface area contributed by atoms with Crippen molar-refractivity contribution in [1.82, 2.24) is 9.62 Å². The van der Waals surface area contributed by atoms with Crippen molar-refractivity contribution >= 4 is 10.0 Å². The van der Waals surface area contributed by atoms with Crippen LogP contribution in [0, 0.1) is 11.8 Å². The molecule has 20 heavy (non-hydrogen) atoms. The second kappa shape index (κ2) is 7.76. The second-order valence-corrected chi connectivity index (χ2v) is 8.56. The van der Waals surface area contributed by atoms with E-state index in [1.54, 1.807) is 0 Å². The van der Waals surface area contributed by atoms with Gasteiger partial charge in [0, 0.05) is 13.1 Å². The lowest BCUT2D eigenvalue weighted by Gasteiger charge is -2.32. The van der Waals surface area contributed by atoms with Crippen molar-refractivity contribution in [2.24, 2.45) is 11.8 Å². The van der Waals surface area contributed by atoms with Gasteiger partial charge >= 0.3 is 0 Å². The van der Waals surface area contributed by atoms with Crippen molar-refractivity contribution in [1.29, 1.82) is 0 Å². The van der Waals surface area contributed by atoms with Gasteiger partial charge in [-0.3, -0.25) is 0 Å². The molecule has 1 heterocycles. The molecule has 2 fully saturated rings. The van der Waals surface area contributed by atoms with Gasteiger partial charge in [-0.1, -0.05) is 25.7 Å². The Labute approximate surface area is 124 Å². The van der Waals surface area contributed by atoms with Gasteiger partial charge in [0.1, 0.15) is 0 Å². The first-order valence-corrected chi connectivity index (χ1v) is 10.1. The number of nitrogens with zero attached hydrogens (tertiary/aromatic N) is 1. The Morgan fingerprint density at radius 1 is 1.10 bits per heavy atom. The van der Waals surface area contributed by atoms with Crippen LogP contribution in [0.4, 0.5) is 0 Å². The third-order valence-electron chi connectivity index (χ3n) is 4.80. The number of likely N-dealkylation sites (tertiary alicyclic amines) is 1. The Morgan fingerprint density at radius 2 is 1.80 bits per heavy atom. The van der Waals surface area contributed by atoms with E-state index in [0.29, 0.717) is 12.5 Å². The van der Waals surface area contributed by atoms with E-state index in [9.17, 15) is 8.42 Å². The zero-order valence-corrected chi connectivity index (χ0v) is 13.6. The molecule has 1 saturated heterocycles. The minimum atomic E-state index is -3.04. The maximum absolute atomic E-state index is 11.1. The maximum atomic E-state index is 11.1. The lowest BCUT2D eigenvalue weighted by molar-refractivity contribution is 0.170. The summed E-state index contributed by atoms with van der Waals surface area (Å²) in [5.74, 6) is 1.48. The van der Waals surface area contributed by atoms with Crippen molar-refractivity contribution in [2.75, 3.05) is 32.4 Å². The zero-order chi connectivity index (χ0) is 14.4. The van der Waals surface area contributed by atoms with E-state index in [-0.39, 0.29) is 0 Å². The van der Waals surface area contributed by atoms with Gasteiger partial charge in [0.25, 0.3) is 0 Å². The monoisotopic (exact) mass is 302 g/mol. The summed E-state index contributed by atoms with van der Waals surface area (Å²) in [4.78, 5) is 2.53. The molecule has 0 spiro atoms. The summed E-state index contributed by atoms with van der Waals surface area (Å²) in [7, 11) is -3.04. The van der Waals surface area contributed by atoms with Gasteiger partial charge in [-0.05, 0) is 50.6 Å². The first-order chi connectivity index (χ1) is 9.53. The van der Waals surface area contributed by atoms with Gasteiger partial charge in [-0.2, -0.15) is 0 Å². The van der Waals surface area contributed by atoms with Crippen molar-refractivity contribution in [3.05, 3.63) is 0 Å². The number of hydrogen-bond donors (Lipinski definition) is 1. The molecule has 2 rings (SSSR count). The molecule has 1 N–H and O–H groups in total. The van der Waals surface area contributed by atoms with E-state index in [2.05, 4.69) is 9.62 Å². The summed E-state index contributed by atoms with van der Waals surface area (Å²) in [5, 5.41) is 0. The molecule has 1 unspecified atom stereocenters. The van der Waals surface area contributed by atoms with Gasteiger partial charge in [0.05, 0.1) is 6.26 Å². The molecule has 0 radical (unpaired) electrons. The molecule has 1 saturated carbocycles. The molecule has 0 aromatic rings. The van der Waals surface area contributed by atoms with Crippen LogP contribution in [0.15, 0.2) is 0 Å². The van der Waals surface area contributed by atoms with Crippen LogP contribution in [0.3, 0.4) is 0 Å². The third-order valence-corrected chi connectivity index (χ3v) is 5.49. The molecule has 0 amide bonds. The molecule has 5 heteroatoms. The first kappa shape index (κ1) is 16.2. The highest BCUT2D eigenvalue weighted by Crippen LogP contribution is 2.28. The molecule has 1 aliphatic carbocycles. The topological polar surface area (TPSA) is 49.4 Å². The van der Waals surface area contributed by atoms with Crippen LogP contribution in [0.5, 0.6) is 0 Å². The molecule has 4 nitrogen and oxygen atoms in total. The highest BCUT2D eigenvalue weighted by Gasteiger charge is 2.21. The maximum Gasteiger partial charge on any atom is 0.208 e. The first-order valence-electron chi connectivity index (χ1n) is 8.20. The van der Waals surface area contributed by atoms with Gasteiger partial charge in [-0.25, -0.2) is 13.1 Å². The fourth-order valence-electron chi connectivity index (χ4n) is 3.69.